The minimum absolute atomic E-state index is 0.0729. The molecule has 2 aliphatic rings. The molecule has 5 heteroatoms. The number of pyridine rings is 1. The van der Waals surface area contributed by atoms with Crippen molar-refractivity contribution in [2.75, 3.05) is 32.7 Å². The average molecular weight is 330 g/mol. The topological polar surface area (TPSA) is 48.5 Å². The number of rotatable bonds is 4. The predicted molar refractivity (Wildman–Crippen MR) is 95.6 cm³/mol. The number of piperidine rings is 2. The van der Waals surface area contributed by atoms with Gasteiger partial charge >= 0.3 is 6.03 Å². The fourth-order valence-corrected chi connectivity index (χ4v) is 3.80. The van der Waals surface area contributed by atoms with Crippen LogP contribution in [0, 0.1) is 11.8 Å². The molecule has 2 amide bonds. The van der Waals surface area contributed by atoms with E-state index in [9.17, 15) is 4.79 Å². The van der Waals surface area contributed by atoms with Crippen molar-refractivity contribution in [3.63, 3.8) is 0 Å². The zero-order valence-electron chi connectivity index (χ0n) is 14.8. The molecule has 2 aliphatic heterocycles. The van der Waals surface area contributed by atoms with E-state index in [-0.39, 0.29) is 6.03 Å². The Morgan fingerprint density at radius 2 is 1.96 bits per heavy atom. The van der Waals surface area contributed by atoms with Crippen molar-refractivity contribution in [3.05, 3.63) is 30.1 Å². The number of likely N-dealkylation sites (tertiary alicyclic amines) is 2. The molecule has 3 heterocycles. The highest BCUT2D eigenvalue weighted by Crippen LogP contribution is 2.21. The second kappa shape index (κ2) is 8.47. The number of carbonyl (C=O) groups excluding carboxylic acids is 1. The first-order valence-electron chi connectivity index (χ1n) is 9.34. The number of nitrogens with one attached hydrogen (secondary N) is 1. The highest BCUT2D eigenvalue weighted by Gasteiger charge is 2.26. The van der Waals surface area contributed by atoms with Crippen LogP contribution >= 0.6 is 0 Å². The molecule has 0 bridgehead atoms. The van der Waals surface area contributed by atoms with Gasteiger partial charge in [0.25, 0.3) is 0 Å². The van der Waals surface area contributed by atoms with Crippen LogP contribution in [0.3, 0.4) is 0 Å². The summed E-state index contributed by atoms with van der Waals surface area (Å²) in [6.45, 7) is 8.32. The van der Waals surface area contributed by atoms with E-state index in [1.165, 1.54) is 32.4 Å². The summed E-state index contributed by atoms with van der Waals surface area (Å²) in [7, 11) is 0. The van der Waals surface area contributed by atoms with Crippen LogP contribution in [0.2, 0.25) is 0 Å². The number of aromatic nitrogens is 1. The first-order chi connectivity index (χ1) is 11.7. The Morgan fingerprint density at radius 3 is 2.71 bits per heavy atom. The standard InChI is InChI=1S/C19H30N4O/c1-16-6-11-22(12-7-16)14-18-3-2-10-23(15-18)19(24)21-13-17-4-8-20-9-5-17/h4-5,8-9,16,18H,2-3,6-7,10-15H2,1H3,(H,21,24)/t18-/m0/s1. The van der Waals surface area contributed by atoms with Gasteiger partial charge in [-0.05, 0) is 68.3 Å². The molecule has 1 aromatic heterocycles. The Balaban J connectivity index is 1.43. The molecule has 1 atom stereocenters. The van der Waals surface area contributed by atoms with Crippen molar-refractivity contribution in [2.45, 2.75) is 39.2 Å². The largest absolute Gasteiger partial charge is 0.334 e. The van der Waals surface area contributed by atoms with Gasteiger partial charge < -0.3 is 15.1 Å². The minimum Gasteiger partial charge on any atom is -0.334 e. The van der Waals surface area contributed by atoms with Crippen LogP contribution in [0.15, 0.2) is 24.5 Å². The number of urea groups is 1. The van der Waals surface area contributed by atoms with E-state index in [1.54, 1.807) is 12.4 Å². The van der Waals surface area contributed by atoms with Gasteiger partial charge in [0.15, 0.2) is 0 Å². The average Bonchev–Trinajstić information content (AvgIpc) is 2.63. The molecule has 0 aromatic carbocycles. The van der Waals surface area contributed by atoms with Crippen molar-refractivity contribution >= 4 is 6.03 Å². The maximum atomic E-state index is 12.4. The molecule has 24 heavy (non-hydrogen) atoms. The number of carbonyl (C=O) groups is 1. The third-order valence-electron chi connectivity index (χ3n) is 5.39. The molecule has 1 aromatic rings. The van der Waals surface area contributed by atoms with E-state index in [1.807, 2.05) is 17.0 Å². The third kappa shape index (κ3) is 4.94. The van der Waals surface area contributed by atoms with E-state index in [0.29, 0.717) is 12.5 Å². The van der Waals surface area contributed by atoms with E-state index < -0.39 is 0 Å². The second-order valence-corrected chi connectivity index (χ2v) is 7.45. The summed E-state index contributed by atoms with van der Waals surface area (Å²) in [6, 6.07) is 3.96. The van der Waals surface area contributed by atoms with Crippen LogP contribution in [0.5, 0.6) is 0 Å². The van der Waals surface area contributed by atoms with Crippen molar-refractivity contribution < 1.29 is 4.79 Å². The van der Waals surface area contributed by atoms with Gasteiger partial charge in [-0.3, -0.25) is 4.98 Å². The van der Waals surface area contributed by atoms with Gasteiger partial charge in [0, 0.05) is 38.6 Å². The highest BCUT2D eigenvalue weighted by atomic mass is 16.2. The normalized spacial score (nSPS) is 23.2. The number of nitrogens with zero attached hydrogens (tertiary/aromatic N) is 3. The molecule has 1 N–H and O–H groups in total. The molecule has 2 fully saturated rings. The van der Waals surface area contributed by atoms with Crippen molar-refractivity contribution in [2.24, 2.45) is 11.8 Å². The van der Waals surface area contributed by atoms with E-state index in [4.69, 9.17) is 0 Å². The van der Waals surface area contributed by atoms with Crippen LogP contribution in [-0.4, -0.2) is 53.5 Å². The predicted octanol–water partition coefficient (Wildman–Crippen LogP) is 2.74. The Kier molecular flexibility index (Phi) is 6.07. The lowest BCUT2D eigenvalue weighted by molar-refractivity contribution is 0.120. The van der Waals surface area contributed by atoms with E-state index >= 15 is 0 Å². The van der Waals surface area contributed by atoms with Crippen LogP contribution in [0.25, 0.3) is 0 Å². The molecule has 0 unspecified atom stereocenters. The van der Waals surface area contributed by atoms with Crippen molar-refractivity contribution in [1.82, 2.24) is 20.1 Å². The molecule has 2 saturated heterocycles. The van der Waals surface area contributed by atoms with Gasteiger partial charge in [0.1, 0.15) is 0 Å². The molecule has 0 radical (unpaired) electrons. The lowest BCUT2D eigenvalue weighted by Crippen LogP contribution is -2.48. The number of hydrogen-bond donors (Lipinski definition) is 1. The van der Waals surface area contributed by atoms with Crippen molar-refractivity contribution in [1.29, 1.82) is 0 Å². The Hall–Kier alpha value is -1.62. The Bertz CT molecular complexity index is 513. The molecule has 0 saturated carbocycles. The summed E-state index contributed by atoms with van der Waals surface area (Å²) in [5.74, 6) is 1.50. The van der Waals surface area contributed by atoms with E-state index in [0.717, 1.165) is 37.5 Å². The maximum Gasteiger partial charge on any atom is 0.317 e. The lowest BCUT2D eigenvalue weighted by Gasteiger charge is -2.37. The van der Waals surface area contributed by atoms with Crippen LogP contribution in [0.4, 0.5) is 4.79 Å². The van der Waals surface area contributed by atoms with Gasteiger partial charge in [-0.25, -0.2) is 4.79 Å². The zero-order valence-corrected chi connectivity index (χ0v) is 14.8. The van der Waals surface area contributed by atoms with Gasteiger partial charge in [-0.15, -0.1) is 0 Å². The first kappa shape index (κ1) is 17.2. The Labute approximate surface area is 145 Å². The molecule has 3 rings (SSSR count). The summed E-state index contributed by atoms with van der Waals surface area (Å²) in [5.41, 5.74) is 1.09. The fourth-order valence-electron chi connectivity index (χ4n) is 3.80. The summed E-state index contributed by atoms with van der Waals surface area (Å²) in [4.78, 5) is 21.0. The van der Waals surface area contributed by atoms with Crippen LogP contribution in [0.1, 0.15) is 38.2 Å². The monoisotopic (exact) mass is 330 g/mol. The maximum absolute atomic E-state index is 12.4. The molecule has 0 aliphatic carbocycles. The van der Waals surface area contributed by atoms with Crippen LogP contribution in [-0.2, 0) is 6.54 Å². The lowest BCUT2D eigenvalue weighted by atomic mass is 9.94. The van der Waals surface area contributed by atoms with Crippen LogP contribution < -0.4 is 5.32 Å². The fraction of sp³-hybridized carbons (Fsp3) is 0.684. The summed E-state index contributed by atoms with van der Waals surface area (Å²) < 4.78 is 0. The molecule has 0 spiro atoms. The second-order valence-electron chi connectivity index (χ2n) is 7.45. The van der Waals surface area contributed by atoms with Gasteiger partial charge in [0.2, 0.25) is 0 Å². The number of hydrogen-bond acceptors (Lipinski definition) is 3. The Morgan fingerprint density at radius 1 is 1.21 bits per heavy atom. The summed E-state index contributed by atoms with van der Waals surface area (Å²) in [6.07, 6.45) is 8.54. The number of amides is 2. The van der Waals surface area contributed by atoms with Gasteiger partial charge in [-0.2, -0.15) is 0 Å². The van der Waals surface area contributed by atoms with Gasteiger partial charge in [-0.1, -0.05) is 6.92 Å². The molecular weight excluding hydrogens is 300 g/mol. The van der Waals surface area contributed by atoms with E-state index in [2.05, 4.69) is 22.1 Å². The SMILES string of the molecule is CC1CCN(C[C@@H]2CCCN(C(=O)NCc3ccncc3)C2)CC1. The third-order valence-corrected chi connectivity index (χ3v) is 5.39. The molecule has 132 valence electrons. The summed E-state index contributed by atoms with van der Waals surface area (Å²) in [5, 5.41) is 3.04. The smallest absolute Gasteiger partial charge is 0.317 e. The molecule has 5 nitrogen and oxygen atoms in total. The molecular formula is C19H30N4O. The van der Waals surface area contributed by atoms with Gasteiger partial charge in [0.05, 0.1) is 0 Å². The quantitative estimate of drug-likeness (QED) is 0.923. The van der Waals surface area contributed by atoms with Crippen molar-refractivity contribution in [3.8, 4) is 0 Å². The zero-order chi connectivity index (χ0) is 16.8. The minimum atomic E-state index is 0.0729. The highest BCUT2D eigenvalue weighted by molar-refractivity contribution is 5.74. The first-order valence-corrected chi connectivity index (χ1v) is 9.34. The summed E-state index contributed by atoms with van der Waals surface area (Å²) >= 11 is 0.